The fourth-order valence-corrected chi connectivity index (χ4v) is 2.57. The summed E-state index contributed by atoms with van der Waals surface area (Å²) in [6, 6.07) is 0.426. The van der Waals surface area contributed by atoms with Gasteiger partial charge in [-0.05, 0) is 14.1 Å². The van der Waals surface area contributed by atoms with Gasteiger partial charge < -0.3 is 20.1 Å². The number of likely N-dealkylation sites (N-methyl/N-ethyl adjacent to an activating group) is 2. The van der Waals surface area contributed by atoms with Gasteiger partial charge in [0.05, 0.1) is 11.9 Å². The molecule has 0 aromatic carbocycles. The number of rotatable bonds is 4. The van der Waals surface area contributed by atoms with Crippen molar-refractivity contribution >= 4 is 5.69 Å². The minimum absolute atomic E-state index is 0.426. The van der Waals surface area contributed by atoms with Crippen LogP contribution in [-0.2, 0) is 13.0 Å². The molecule has 3 rings (SSSR count). The average molecular weight is 291 g/mol. The molecule has 1 unspecified atom stereocenters. The van der Waals surface area contributed by atoms with Crippen LogP contribution in [0.5, 0.6) is 0 Å². The molecule has 2 aromatic rings. The molecule has 1 atom stereocenters. The summed E-state index contributed by atoms with van der Waals surface area (Å²) >= 11 is 0. The van der Waals surface area contributed by atoms with Crippen molar-refractivity contribution < 1.29 is 4.52 Å². The van der Waals surface area contributed by atoms with Gasteiger partial charge in [0.15, 0.2) is 5.82 Å². The van der Waals surface area contributed by atoms with Crippen molar-refractivity contribution in [3.05, 3.63) is 24.1 Å². The largest absolute Gasteiger partial charge is 0.396 e. The van der Waals surface area contributed by atoms with Crippen LogP contribution < -0.4 is 5.73 Å². The summed E-state index contributed by atoms with van der Waals surface area (Å²) in [5.74, 6) is 1.30. The highest BCUT2D eigenvalue weighted by Gasteiger charge is 2.24. The number of aromatic nitrogens is 4. The number of hydrogen-bond acceptors (Lipinski definition) is 7. The van der Waals surface area contributed by atoms with Gasteiger partial charge in [-0.1, -0.05) is 5.16 Å². The number of nitrogens with two attached hydrogens (primary N) is 1. The molecule has 8 heteroatoms. The van der Waals surface area contributed by atoms with E-state index >= 15 is 0 Å². The van der Waals surface area contributed by atoms with Crippen molar-refractivity contribution in [1.29, 1.82) is 0 Å². The third kappa shape index (κ3) is 3.40. The first-order valence-electron chi connectivity index (χ1n) is 7.08. The van der Waals surface area contributed by atoms with Gasteiger partial charge in [-0.3, -0.25) is 4.68 Å². The van der Waals surface area contributed by atoms with Crippen molar-refractivity contribution in [2.75, 3.05) is 39.5 Å². The maximum Gasteiger partial charge on any atom is 0.248 e. The summed E-state index contributed by atoms with van der Waals surface area (Å²) in [6.45, 7) is 3.64. The Morgan fingerprint density at radius 1 is 1.38 bits per heavy atom. The second-order valence-electron chi connectivity index (χ2n) is 5.68. The summed E-state index contributed by atoms with van der Waals surface area (Å²) in [4.78, 5) is 9.13. The molecule has 1 fully saturated rings. The van der Waals surface area contributed by atoms with Crippen LogP contribution >= 0.6 is 0 Å². The molecular formula is C13H21N7O. The maximum absolute atomic E-state index is 5.63. The molecule has 2 N–H and O–H groups in total. The lowest BCUT2D eigenvalue weighted by atomic mass is 10.1. The van der Waals surface area contributed by atoms with Gasteiger partial charge in [0.1, 0.15) is 6.54 Å². The van der Waals surface area contributed by atoms with E-state index < -0.39 is 0 Å². The predicted octanol–water partition coefficient (Wildman–Crippen LogP) is -0.315. The summed E-state index contributed by atoms with van der Waals surface area (Å²) in [5.41, 5.74) is 6.26. The monoisotopic (exact) mass is 291 g/mol. The van der Waals surface area contributed by atoms with Crippen LogP contribution in [0.3, 0.4) is 0 Å². The highest BCUT2D eigenvalue weighted by atomic mass is 16.5. The average Bonchev–Trinajstić information content (AvgIpc) is 3.04. The number of piperazine rings is 1. The van der Waals surface area contributed by atoms with E-state index in [0.29, 0.717) is 24.2 Å². The first-order chi connectivity index (χ1) is 10.1. The Balaban J connectivity index is 1.62. The van der Waals surface area contributed by atoms with Gasteiger partial charge in [0.2, 0.25) is 5.89 Å². The van der Waals surface area contributed by atoms with E-state index in [1.165, 1.54) is 0 Å². The Bertz CT molecular complexity index is 593. The van der Waals surface area contributed by atoms with E-state index in [1.807, 2.05) is 0 Å². The van der Waals surface area contributed by atoms with Crippen molar-refractivity contribution in [3.8, 4) is 0 Å². The smallest absolute Gasteiger partial charge is 0.248 e. The number of anilines is 1. The Morgan fingerprint density at radius 2 is 2.24 bits per heavy atom. The molecule has 2 aromatic heterocycles. The molecule has 3 heterocycles. The van der Waals surface area contributed by atoms with E-state index in [1.54, 1.807) is 17.1 Å². The first kappa shape index (κ1) is 14.0. The van der Waals surface area contributed by atoms with Crippen LogP contribution in [0, 0.1) is 0 Å². The van der Waals surface area contributed by atoms with Crippen molar-refractivity contribution in [2.45, 2.75) is 19.0 Å². The SMILES string of the molecule is CN1CCN(C)C(Cc2noc(Cn3cc(N)cn3)n2)C1. The van der Waals surface area contributed by atoms with Crippen LogP contribution in [0.2, 0.25) is 0 Å². The van der Waals surface area contributed by atoms with Crippen molar-refractivity contribution in [1.82, 2.24) is 29.7 Å². The molecule has 0 bridgehead atoms. The van der Waals surface area contributed by atoms with E-state index in [2.05, 4.69) is 39.1 Å². The Kier molecular flexibility index (Phi) is 3.89. The zero-order valence-electron chi connectivity index (χ0n) is 12.4. The Labute approximate surface area is 123 Å². The third-order valence-electron chi connectivity index (χ3n) is 3.86. The van der Waals surface area contributed by atoms with Crippen molar-refractivity contribution in [3.63, 3.8) is 0 Å². The molecule has 0 saturated carbocycles. The third-order valence-corrected chi connectivity index (χ3v) is 3.86. The van der Waals surface area contributed by atoms with Crippen molar-refractivity contribution in [2.24, 2.45) is 0 Å². The van der Waals surface area contributed by atoms with Gasteiger partial charge >= 0.3 is 0 Å². The molecule has 0 radical (unpaired) electrons. The lowest BCUT2D eigenvalue weighted by Gasteiger charge is -2.37. The molecule has 0 aliphatic carbocycles. The lowest BCUT2D eigenvalue weighted by Crippen LogP contribution is -2.50. The number of nitrogens with zero attached hydrogens (tertiary/aromatic N) is 6. The van der Waals surface area contributed by atoms with Crippen LogP contribution in [-0.4, -0.2) is 69.5 Å². The van der Waals surface area contributed by atoms with Gasteiger partial charge in [0, 0.05) is 38.3 Å². The van der Waals surface area contributed by atoms with Crippen LogP contribution in [0.4, 0.5) is 5.69 Å². The predicted molar refractivity (Wildman–Crippen MR) is 77.7 cm³/mol. The highest BCUT2D eigenvalue weighted by Crippen LogP contribution is 2.11. The Morgan fingerprint density at radius 3 is 3.00 bits per heavy atom. The second-order valence-corrected chi connectivity index (χ2v) is 5.68. The van der Waals surface area contributed by atoms with Crippen LogP contribution in [0.15, 0.2) is 16.9 Å². The number of nitrogen functional groups attached to an aromatic ring is 1. The normalized spacial score (nSPS) is 21.0. The minimum atomic E-state index is 0.426. The molecular weight excluding hydrogens is 270 g/mol. The van der Waals surface area contributed by atoms with Crippen LogP contribution in [0.25, 0.3) is 0 Å². The molecule has 114 valence electrons. The molecule has 1 aliphatic heterocycles. The molecule has 0 amide bonds. The second kappa shape index (κ2) is 5.82. The standard InChI is InChI=1S/C13H21N7O/c1-18-3-4-19(2)11(8-18)5-12-16-13(21-17-12)9-20-7-10(14)6-15-20/h6-7,11H,3-5,8-9,14H2,1-2H3. The quantitative estimate of drug-likeness (QED) is 0.826. The van der Waals surface area contributed by atoms with Gasteiger partial charge in [0.25, 0.3) is 0 Å². The Hall–Kier alpha value is -1.93. The maximum atomic E-state index is 5.63. The summed E-state index contributed by atoms with van der Waals surface area (Å²) in [5, 5.41) is 8.18. The summed E-state index contributed by atoms with van der Waals surface area (Å²) < 4.78 is 6.97. The van der Waals surface area contributed by atoms with Crippen LogP contribution in [0.1, 0.15) is 11.7 Å². The van der Waals surface area contributed by atoms with Gasteiger partial charge in [-0.25, -0.2) is 0 Å². The summed E-state index contributed by atoms with van der Waals surface area (Å²) in [6.07, 6.45) is 4.14. The zero-order valence-corrected chi connectivity index (χ0v) is 12.4. The van der Waals surface area contributed by atoms with E-state index in [0.717, 1.165) is 31.9 Å². The zero-order chi connectivity index (χ0) is 14.8. The molecule has 1 aliphatic rings. The minimum Gasteiger partial charge on any atom is -0.396 e. The molecule has 21 heavy (non-hydrogen) atoms. The summed E-state index contributed by atoms with van der Waals surface area (Å²) in [7, 11) is 4.29. The van der Waals surface area contributed by atoms with Gasteiger partial charge in [-0.15, -0.1) is 0 Å². The fourth-order valence-electron chi connectivity index (χ4n) is 2.57. The highest BCUT2D eigenvalue weighted by molar-refractivity contribution is 5.30. The molecule has 0 spiro atoms. The van der Waals surface area contributed by atoms with E-state index in [9.17, 15) is 0 Å². The van der Waals surface area contributed by atoms with E-state index in [4.69, 9.17) is 10.3 Å². The topological polar surface area (TPSA) is 89.2 Å². The van der Waals surface area contributed by atoms with Gasteiger partial charge in [-0.2, -0.15) is 10.1 Å². The lowest BCUT2D eigenvalue weighted by molar-refractivity contribution is 0.113. The molecule has 1 saturated heterocycles. The molecule has 8 nitrogen and oxygen atoms in total. The van der Waals surface area contributed by atoms with E-state index in [-0.39, 0.29) is 0 Å². The number of hydrogen-bond donors (Lipinski definition) is 1. The fraction of sp³-hybridized carbons (Fsp3) is 0.615. The first-order valence-corrected chi connectivity index (χ1v) is 7.08.